The fraction of sp³-hybridized carbons (Fsp3) is 0.312. The van der Waals surface area contributed by atoms with Gasteiger partial charge in [0.2, 0.25) is 0 Å². The van der Waals surface area contributed by atoms with Crippen LogP contribution in [0.3, 0.4) is 0 Å². The van der Waals surface area contributed by atoms with Gasteiger partial charge in [0.25, 0.3) is 0 Å². The molecule has 0 radical (unpaired) electrons. The van der Waals surface area contributed by atoms with Gasteiger partial charge in [-0.15, -0.1) is 11.3 Å². The van der Waals surface area contributed by atoms with Gasteiger partial charge >= 0.3 is 0 Å². The number of nitrogens with zero attached hydrogens (tertiary/aromatic N) is 1. The molecule has 2 rings (SSSR count). The largest absolute Gasteiger partial charge is 0.497 e. The molecule has 0 bridgehead atoms. The number of thiophene rings is 1. The van der Waals surface area contributed by atoms with Gasteiger partial charge in [-0.3, -0.25) is 0 Å². The smallest absolute Gasteiger partial charge is 0.120 e. The van der Waals surface area contributed by atoms with Crippen molar-refractivity contribution >= 4 is 34.2 Å². The Kier molecular flexibility index (Phi) is 5.20. The molecule has 5 heteroatoms. The lowest BCUT2D eigenvalue weighted by Gasteiger charge is -2.30. The normalized spacial score (nSPS) is 10.7. The standard InChI is InChI=1S/C16H20N2OS2/c1-11(2)18(10-13-5-4-8-21-13)15-9-12(19-3)6-7-14(15)16(17)20/h4-9,11H,10H2,1-3H3,(H2,17,20). The lowest BCUT2D eigenvalue weighted by Crippen LogP contribution is -2.32. The summed E-state index contributed by atoms with van der Waals surface area (Å²) < 4.78 is 5.35. The van der Waals surface area contributed by atoms with Crippen molar-refractivity contribution in [3.05, 3.63) is 46.2 Å². The lowest BCUT2D eigenvalue weighted by atomic mass is 10.1. The molecule has 0 atom stereocenters. The van der Waals surface area contributed by atoms with Gasteiger partial charge in [-0.1, -0.05) is 18.3 Å². The van der Waals surface area contributed by atoms with Crippen molar-refractivity contribution in [1.29, 1.82) is 0 Å². The van der Waals surface area contributed by atoms with E-state index in [-0.39, 0.29) is 0 Å². The van der Waals surface area contributed by atoms with Gasteiger partial charge in [-0.05, 0) is 37.4 Å². The van der Waals surface area contributed by atoms with Crippen LogP contribution in [0.1, 0.15) is 24.3 Å². The van der Waals surface area contributed by atoms with E-state index in [1.165, 1.54) is 4.88 Å². The highest BCUT2D eigenvalue weighted by atomic mass is 32.1. The fourth-order valence-corrected chi connectivity index (χ4v) is 3.08. The van der Waals surface area contributed by atoms with E-state index >= 15 is 0 Å². The van der Waals surface area contributed by atoms with Crippen LogP contribution in [0.4, 0.5) is 5.69 Å². The first-order valence-corrected chi connectivity index (χ1v) is 8.08. The minimum atomic E-state index is 0.326. The van der Waals surface area contributed by atoms with Gasteiger partial charge in [-0.2, -0.15) is 0 Å². The molecule has 1 aromatic heterocycles. The number of ether oxygens (including phenoxy) is 1. The number of benzene rings is 1. The van der Waals surface area contributed by atoms with Crippen LogP contribution in [0.15, 0.2) is 35.7 Å². The first-order chi connectivity index (χ1) is 10.0. The van der Waals surface area contributed by atoms with E-state index in [4.69, 9.17) is 22.7 Å². The predicted octanol–water partition coefficient (Wildman–Crippen LogP) is 3.81. The number of hydrogen-bond donors (Lipinski definition) is 1. The zero-order chi connectivity index (χ0) is 15.4. The number of anilines is 1. The molecule has 112 valence electrons. The maximum Gasteiger partial charge on any atom is 0.120 e. The molecule has 2 aromatic rings. The first-order valence-electron chi connectivity index (χ1n) is 6.79. The summed E-state index contributed by atoms with van der Waals surface area (Å²) >= 11 is 6.95. The van der Waals surface area contributed by atoms with Crippen LogP contribution in [0, 0.1) is 0 Å². The van der Waals surface area contributed by atoms with Gasteiger partial charge in [-0.25, -0.2) is 0 Å². The number of thiocarbonyl (C=S) groups is 1. The summed E-state index contributed by atoms with van der Waals surface area (Å²) in [6.45, 7) is 5.16. The third kappa shape index (κ3) is 3.74. The SMILES string of the molecule is COc1ccc(C(N)=S)c(N(Cc2cccs2)C(C)C)c1. The summed E-state index contributed by atoms with van der Waals surface area (Å²) in [5.74, 6) is 0.807. The highest BCUT2D eigenvalue weighted by Gasteiger charge is 2.17. The Labute approximate surface area is 135 Å². The Morgan fingerprint density at radius 1 is 1.38 bits per heavy atom. The summed E-state index contributed by atoms with van der Waals surface area (Å²) in [5.41, 5.74) is 7.79. The molecule has 0 saturated heterocycles. The Morgan fingerprint density at radius 2 is 2.14 bits per heavy atom. The monoisotopic (exact) mass is 320 g/mol. The molecule has 2 N–H and O–H groups in total. The Bertz CT molecular complexity index is 609. The first kappa shape index (κ1) is 15.8. The van der Waals surface area contributed by atoms with Crippen LogP contribution in [0.5, 0.6) is 5.75 Å². The third-order valence-corrected chi connectivity index (χ3v) is 4.39. The number of hydrogen-bond acceptors (Lipinski definition) is 4. The second-order valence-electron chi connectivity index (χ2n) is 5.05. The molecule has 1 heterocycles. The van der Waals surface area contributed by atoms with Crippen molar-refractivity contribution in [2.24, 2.45) is 5.73 Å². The maximum absolute atomic E-state index is 5.88. The molecule has 0 aliphatic rings. The Morgan fingerprint density at radius 3 is 2.67 bits per heavy atom. The van der Waals surface area contributed by atoms with Crippen molar-refractivity contribution in [2.45, 2.75) is 26.4 Å². The van der Waals surface area contributed by atoms with E-state index in [0.717, 1.165) is 23.5 Å². The molecule has 0 aliphatic heterocycles. The summed E-state index contributed by atoms with van der Waals surface area (Å²) in [6.07, 6.45) is 0. The second kappa shape index (κ2) is 6.91. The zero-order valence-electron chi connectivity index (χ0n) is 12.5. The molecule has 0 aliphatic carbocycles. The topological polar surface area (TPSA) is 38.5 Å². The number of rotatable bonds is 6. The zero-order valence-corrected chi connectivity index (χ0v) is 14.1. The molecule has 0 unspecified atom stereocenters. The summed E-state index contributed by atoms with van der Waals surface area (Å²) in [7, 11) is 1.67. The molecular formula is C16H20N2OS2. The third-order valence-electron chi connectivity index (χ3n) is 3.31. The maximum atomic E-state index is 5.88. The van der Waals surface area contributed by atoms with Crippen molar-refractivity contribution in [2.75, 3.05) is 12.0 Å². The Balaban J connectivity index is 2.45. The highest BCUT2D eigenvalue weighted by molar-refractivity contribution is 7.80. The van der Waals surface area contributed by atoms with Crippen molar-refractivity contribution < 1.29 is 4.74 Å². The molecular weight excluding hydrogens is 300 g/mol. The summed E-state index contributed by atoms with van der Waals surface area (Å²) in [4.78, 5) is 4.01. The average molecular weight is 320 g/mol. The molecule has 1 aromatic carbocycles. The van der Waals surface area contributed by atoms with E-state index in [9.17, 15) is 0 Å². The quantitative estimate of drug-likeness (QED) is 0.822. The molecule has 0 saturated carbocycles. The molecule has 21 heavy (non-hydrogen) atoms. The van der Waals surface area contributed by atoms with Crippen LogP contribution < -0.4 is 15.4 Å². The van der Waals surface area contributed by atoms with Crippen LogP contribution in [0.2, 0.25) is 0 Å². The second-order valence-corrected chi connectivity index (χ2v) is 6.52. The van der Waals surface area contributed by atoms with E-state index in [2.05, 4.69) is 36.3 Å². The fourth-order valence-electron chi connectivity index (χ4n) is 2.20. The predicted molar refractivity (Wildman–Crippen MR) is 94.5 cm³/mol. The van der Waals surface area contributed by atoms with E-state index in [1.54, 1.807) is 18.4 Å². The van der Waals surface area contributed by atoms with Crippen LogP contribution >= 0.6 is 23.6 Å². The molecule has 3 nitrogen and oxygen atoms in total. The minimum Gasteiger partial charge on any atom is -0.497 e. The molecule has 0 fully saturated rings. The summed E-state index contributed by atoms with van der Waals surface area (Å²) in [5, 5.41) is 2.09. The lowest BCUT2D eigenvalue weighted by molar-refractivity contribution is 0.414. The van der Waals surface area contributed by atoms with E-state index < -0.39 is 0 Å². The highest BCUT2D eigenvalue weighted by Crippen LogP contribution is 2.30. The molecule has 0 amide bonds. The van der Waals surface area contributed by atoms with E-state index in [1.807, 2.05) is 18.2 Å². The molecule has 0 spiro atoms. The summed E-state index contributed by atoms with van der Waals surface area (Å²) in [6, 6.07) is 10.4. The number of nitrogens with two attached hydrogens (primary N) is 1. The van der Waals surface area contributed by atoms with Crippen molar-refractivity contribution in [3.63, 3.8) is 0 Å². The average Bonchev–Trinajstić information content (AvgIpc) is 2.96. The Hall–Kier alpha value is -1.59. The van der Waals surface area contributed by atoms with Gasteiger partial charge < -0.3 is 15.4 Å². The minimum absolute atomic E-state index is 0.326. The van der Waals surface area contributed by atoms with Crippen molar-refractivity contribution in [1.82, 2.24) is 0 Å². The van der Waals surface area contributed by atoms with Crippen molar-refractivity contribution in [3.8, 4) is 5.75 Å². The van der Waals surface area contributed by atoms with Gasteiger partial charge in [0.1, 0.15) is 10.7 Å². The van der Waals surface area contributed by atoms with Crippen LogP contribution in [-0.4, -0.2) is 18.1 Å². The van der Waals surface area contributed by atoms with Gasteiger partial charge in [0.15, 0.2) is 0 Å². The van der Waals surface area contributed by atoms with Crippen LogP contribution in [0.25, 0.3) is 0 Å². The number of methoxy groups -OCH3 is 1. The van der Waals surface area contributed by atoms with Gasteiger partial charge in [0.05, 0.1) is 19.3 Å². The van der Waals surface area contributed by atoms with Crippen LogP contribution in [-0.2, 0) is 6.54 Å². The van der Waals surface area contributed by atoms with Gasteiger partial charge in [0, 0.05) is 22.5 Å². The van der Waals surface area contributed by atoms with E-state index in [0.29, 0.717) is 11.0 Å².